The number of aliphatic hydroxyl groups excluding tert-OH is 1. The van der Waals surface area contributed by atoms with Gasteiger partial charge in [-0.3, -0.25) is 0 Å². The molecule has 0 spiro atoms. The van der Waals surface area contributed by atoms with Gasteiger partial charge >= 0.3 is 0 Å². The zero-order valence-electron chi connectivity index (χ0n) is 7.34. The van der Waals surface area contributed by atoms with Crippen LogP contribution in [0.5, 0.6) is 0 Å². The molecule has 0 saturated carbocycles. The molecule has 0 aliphatic heterocycles. The lowest BCUT2D eigenvalue weighted by molar-refractivity contribution is 0.207. The minimum atomic E-state index is -1.77. The number of anilines is 1. The third kappa shape index (κ3) is 3.50. The van der Waals surface area contributed by atoms with E-state index in [9.17, 15) is 5.11 Å². The number of alkyl halides is 3. The first kappa shape index (κ1) is 11.9. The van der Waals surface area contributed by atoms with Crippen LogP contribution in [0.4, 0.5) is 5.82 Å². The molecule has 0 aromatic carbocycles. The fourth-order valence-electron chi connectivity index (χ4n) is 0.845. The first-order chi connectivity index (χ1) is 6.39. The highest BCUT2D eigenvalue weighted by Crippen LogP contribution is 2.30. The van der Waals surface area contributed by atoms with Crippen molar-refractivity contribution in [2.45, 2.75) is 16.9 Å². The van der Waals surface area contributed by atoms with E-state index in [1.165, 1.54) is 0 Å². The molecule has 1 rings (SSSR count). The average molecular weight is 256 g/mol. The van der Waals surface area contributed by atoms with E-state index in [2.05, 4.69) is 10.3 Å². The Morgan fingerprint density at radius 2 is 2.07 bits per heavy atom. The molecule has 0 radical (unpaired) electrons. The molecular weight excluding hydrogens is 246 g/mol. The van der Waals surface area contributed by atoms with Gasteiger partial charge < -0.3 is 10.4 Å². The Bertz CT molecular complexity index is 314. The summed E-state index contributed by atoms with van der Waals surface area (Å²) in [5.41, 5.74) is 0.812. The highest BCUT2D eigenvalue weighted by atomic mass is 35.6. The molecule has 0 amide bonds. The minimum absolute atomic E-state index is 0.462. The molecule has 0 unspecified atom stereocenters. The van der Waals surface area contributed by atoms with Crippen LogP contribution in [0.2, 0.25) is 0 Å². The van der Waals surface area contributed by atoms with Crippen molar-refractivity contribution in [3.05, 3.63) is 23.9 Å². The van der Waals surface area contributed by atoms with Gasteiger partial charge in [0.05, 0.1) is 0 Å². The lowest BCUT2D eigenvalue weighted by Crippen LogP contribution is -2.33. The molecule has 0 fully saturated rings. The number of nitrogens with one attached hydrogen (secondary N) is 1. The van der Waals surface area contributed by atoms with Gasteiger partial charge in [-0.15, -0.1) is 0 Å². The van der Waals surface area contributed by atoms with Gasteiger partial charge in [-0.05, 0) is 19.1 Å². The van der Waals surface area contributed by atoms with Crippen LogP contribution in [-0.4, -0.2) is 20.1 Å². The quantitative estimate of drug-likeness (QED) is 0.630. The van der Waals surface area contributed by atoms with Crippen LogP contribution >= 0.6 is 34.8 Å². The monoisotopic (exact) mass is 254 g/mol. The van der Waals surface area contributed by atoms with Gasteiger partial charge in [0.1, 0.15) is 5.82 Å². The number of rotatable bonds is 2. The van der Waals surface area contributed by atoms with Gasteiger partial charge in [0.15, 0.2) is 6.23 Å². The van der Waals surface area contributed by atoms with E-state index in [-0.39, 0.29) is 0 Å². The van der Waals surface area contributed by atoms with Crippen LogP contribution in [0.3, 0.4) is 0 Å². The summed E-state index contributed by atoms with van der Waals surface area (Å²) in [6.45, 7) is 1.83. The number of hydrogen-bond acceptors (Lipinski definition) is 3. The maximum absolute atomic E-state index is 9.38. The third-order valence-corrected chi connectivity index (χ3v) is 2.10. The van der Waals surface area contributed by atoms with Gasteiger partial charge in [-0.2, -0.15) is 0 Å². The van der Waals surface area contributed by atoms with Crippen LogP contribution in [0.15, 0.2) is 18.2 Å². The van der Waals surface area contributed by atoms with Crippen molar-refractivity contribution in [2.75, 3.05) is 5.32 Å². The number of aromatic nitrogens is 1. The average Bonchev–Trinajstić information content (AvgIpc) is 2.02. The first-order valence-corrected chi connectivity index (χ1v) is 4.98. The molecule has 14 heavy (non-hydrogen) atoms. The van der Waals surface area contributed by atoms with Crippen molar-refractivity contribution in [3.8, 4) is 0 Å². The van der Waals surface area contributed by atoms with E-state index in [0.29, 0.717) is 5.82 Å². The zero-order valence-corrected chi connectivity index (χ0v) is 9.61. The normalized spacial score (nSPS) is 13.8. The summed E-state index contributed by atoms with van der Waals surface area (Å²) in [7, 11) is 0. The third-order valence-electron chi connectivity index (χ3n) is 1.48. The lowest BCUT2D eigenvalue weighted by Gasteiger charge is -2.20. The molecule has 1 aromatic rings. The summed E-state index contributed by atoms with van der Waals surface area (Å²) in [6.07, 6.45) is -1.29. The number of pyridine rings is 1. The molecule has 1 aromatic heterocycles. The minimum Gasteiger partial charge on any atom is -0.369 e. The van der Waals surface area contributed by atoms with E-state index >= 15 is 0 Å². The van der Waals surface area contributed by atoms with E-state index in [1.807, 2.05) is 13.0 Å². The fraction of sp³-hybridized carbons (Fsp3) is 0.375. The Balaban J connectivity index is 2.70. The van der Waals surface area contributed by atoms with Gasteiger partial charge in [0.25, 0.3) is 0 Å². The Morgan fingerprint density at radius 1 is 1.43 bits per heavy atom. The van der Waals surface area contributed by atoms with Crippen LogP contribution in [0.25, 0.3) is 0 Å². The van der Waals surface area contributed by atoms with E-state index in [1.54, 1.807) is 12.1 Å². The number of aryl methyl sites for hydroxylation is 1. The lowest BCUT2D eigenvalue weighted by atomic mass is 10.4. The molecule has 3 nitrogen and oxygen atoms in total. The Hall–Kier alpha value is -0.220. The molecule has 2 N–H and O–H groups in total. The highest BCUT2D eigenvalue weighted by Gasteiger charge is 2.30. The van der Waals surface area contributed by atoms with E-state index in [0.717, 1.165) is 5.69 Å². The SMILES string of the molecule is Cc1cccc(N[C@@H](O)C(Cl)(Cl)Cl)n1. The zero-order chi connectivity index (χ0) is 10.8. The number of hydrogen-bond donors (Lipinski definition) is 2. The summed E-state index contributed by atoms with van der Waals surface area (Å²) in [6, 6.07) is 5.29. The van der Waals surface area contributed by atoms with Crippen molar-refractivity contribution < 1.29 is 5.11 Å². The van der Waals surface area contributed by atoms with E-state index in [4.69, 9.17) is 34.8 Å². The Labute approximate surface area is 97.0 Å². The fourth-order valence-corrected chi connectivity index (χ4v) is 1.01. The second-order valence-corrected chi connectivity index (χ2v) is 5.12. The number of aliphatic hydroxyl groups is 1. The van der Waals surface area contributed by atoms with E-state index < -0.39 is 10.0 Å². The van der Waals surface area contributed by atoms with Gasteiger partial charge in [0, 0.05) is 5.69 Å². The van der Waals surface area contributed by atoms with Crippen molar-refractivity contribution >= 4 is 40.6 Å². The number of halogens is 3. The van der Waals surface area contributed by atoms with Crippen LogP contribution in [0.1, 0.15) is 5.69 Å². The largest absolute Gasteiger partial charge is 0.369 e. The summed E-state index contributed by atoms with van der Waals surface area (Å²) < 4.78 is -1.77. The molecule has 0 aliphatic rings. The predicted molar refractivity (Wildman–Crippen MR) is 58.9 cm³/mol. The van der Waals surface area contributed by atoms with Crippen molar-refractivity contribution in [3.63, 3.8) is 0 Å². The molecule has 78 valence electrons. The van der Waals surface area contributed by atoms with Gasteiger partial charge in [0.2, 0.25) is 3.79 Å². The summed E-state index contributed by atoms with van der Waals surface area (Å²) in [5.74, 6) is 0.462. The van der Waals surface area contributed by atoms with Crippen LogP contribution < -0.4 is 5.32 Å². The second-order valence-electron chi connectivity index (χ2n) is 2.75. The molecular formula is C8H9Cl3N2O. The maximum atomic E-state index is 9.38. The number of nitrogens with zero attached hydrogens (tertiary/aromatic N) is 1. The topological polar surface area (TPSA) is 45.1 Å². The van der Waals surface area contributed by atoms with Crippen LogP contribution in [0, 0.1) is 6.92 Å². The molecule has 1 heterocycles. The summed E-state index contributed by atoms with van der Waals surface area (Å²) >= 11 is 16.4. The standard InChI is InChI=1S/C8H9Cl3N2O/c1-5-3-2-4-6(12-5)13-7(14)8(9,10)11/h2-4,7,14H,1H3,(H,12,13)/t7-/m0/s1. The van der Waals surface area contributed by atoms with Gasteiger partial charge in [-0.25, -0.2) is 4.98 Å². The molecule has 6 heteroatoms. The van der Waals surface area contributed by atoms with Crippen molar-refractivity contribution in [2.24, 2.45) is 0 Å². The predicted octanol–water partition coefficient (Wildman–Crippen LogP) is 2.49. The first-order valence-electron chi connectivity index (χ1n) is 3.84. The Kier molecular flexibility index (Phi) is 3.84. The second kappa shape index (κ2) is 4.53. The molecule has 0 saturated heterocycles. The molecule has 0 aliphatic carbocycles. The maximum Gasteiger partial charge on any atom is 0.234 e. The highest BCUT2D eigenvalue weighted by molar-refractivity contribution is 6.68. The van der Waals surface area contributed by atoms with Crippen molar-refractivity contribution in [1.82, 2.24) is 4.98 Å². The van der Waals surface area contributed by atoms with Crippen molar-refractivity contribution in [1.29, 1.82) is 0 Å². The summed E-state index contributed by atoms with van der Waals surface area (Å²) in [4.78, 5) is 4.08. The Morgan fingerprint density at radius 3 is 2.57 bits per heavy atom. The smallest absolute Gasteiger partial charge is 0.234 e. The van der Waals surface area contributed by atoms with Crippen LogP contribution in [-0.2, 0) is 0 Å². The van der Waals surface area contributed by atoms with Gasteiger partial charge in [-0.1, -0.05) is 40.9 Å². The molecule has 0 bridgehead atoms. The molecule has 1 atom stereocenters. The summed E-state index contributed by atoms with van der Waals surface area (Å²) in [5, 5.41) is 12.0.